The minimum Gasteiger partial charge on any atom is -0.493 e. The highest BCUT2D eigenvalue weighted by molar-refractivity contribution is 5.81. The topological polar surface area (TPSA) is 83.1 Å². The fourth-order valence-electron chi connectivity index (χ4n) is 3.64. The predicted octanol–water partition coefficient (Wildman–Crippen LogP) is 2.74. The van der Waals surface area contributed by atoms with Gasteiger partial charge in [0.2, 0.25) is 5.75 Å². The van der Waals surface area contributed by atoms with E-state index in [0.717, 1.165) is 12.8 Å². The standard InChI is InChI=1S/C21H31NO6/c1-13-7-6-8-16(14(13)2)22-19(23)12-28-20(24)11-15-9-17(25-3)21(27-5)18(10-15)26-4/h9-10,13-14,16H,6-8,11-12H2,1-5H3,(H,22,23)/t13-,14-,16+/m1/s1. The number of nitrogens with one attached hydrogen (secondary N) is 1. The lowest BCUT2D eigenvalue weighted by Crippen LogP contribution is -2.45. The highest BCUT2D eigenvalue weighted by Crippen LogP contribution is 2.38. The predicted molar refractivity (Wildman–Crippen MR) is 105 cm³/mol. The average molecular weight is 393 g/mol. The van der Waals surface area contributed by atoms with Crippen LogP contribution in [0.1, 0.15) is 38.7 Å². The number of hydrogen-bond donors (Lipinski definition) is 1. The van der Waals surface area contributed by atoms with Crippen molar-refractivity contribution in [3.8, 4) is 17.2 Å². The highest BCUT2D eigenvalue weighted by atomic mass is 16.5. The maximum absolute atomic E-state index is 12.2. The quantitative estimate of drug-likeness (QED) is 0.684. The molecule has 2 rings (SSSR count). The van der Waals surface area contributed by atoms with Gasteiger partial charge in [-0.1, -0.05) is 26.7 Å². The van der Waals surface area contributed by atoms with E-state index in [-0.39, 0.29) is 25.0 Å². The van der Waals surface area contributed by atoms with Gasteiger partial charge in [-0.2, -0.15) is 0 Å². The molecule has 1 aliphatic rings. The maximum atomic E-state index is 12.2. The van der Waals surface area contributed by atoms with Gasteiger partial charge in [-0.05, 0) is 36.0 Å². The van der Waals surface area contributed by atoms with E-state index in [9.17, 15) is 9.59 Å². The summed E-state index contributed by atoms with van der Waals surface area (Å²) in [5.74, 6) is 1.64. The van der Waals surface area contributed by atoms with Crippen LogP contribution in [0.3, 0.4) is 0 Å². The molecule has 156 valence electrons. The van der Waals surface area contributed by atoms with Crippen molar-refractivity contribution in [1.82, 2.24) is 5.32 Å². The van der Waals surface area contributed by atoms with E-state index >= 15 is 0 Å². The van der Waals surface area contributed by atoms with Crippen LogP contribution in [0, 0.1) is 11.8 Å². The Morgan fingerprint density at radius 1 is 1.04 bits per heavy atom. The summed E-state index contributed by atoms with van der Waals surface area (Å²) in [5, 5.41) is 3.00. The lowest BCUT2D eigenvalue weighted by Gasteiger charge is -2.34. The monoisotopic (exact) mass is 393 g/mol. The Balaban J connectivity index is 1.89. The van der Waals surface area contributed by atoms with Gasteiger partial charge < -0.3 is 24.3 Å². The molecular formula is C21H31NO6. The molecule has 0 bridgehead atoms. The molecule has 3 atom stereocenters. The zero-order valence-electron chi connectivity index (χ0n) is 17.4. The summed E-state index contributed by atoms with van der Waals surface area (Å²) in [6.07, 6.45) is 3.27. The van der Waals surface area contributed by atoms with Gasteiger partial charge in [-0.15, -0.1) is 0 Å². The van der Waals surface area contributed by atoms with Crippen molar-refractivity contribution >= 4 is 11.9 Å². The fourth-order valence-corrected chi connectivity index (χ4v) is 3.64. The first-order valence-electron chi connectivity index (χ1n) is 9.63. The fraction of sp³-hybridized carbons (Fsp3) is 0.619. The Labute approximate surface area is 166 Å². The van der Waals surface area contributed by atoms with Gasteiger partial charge in [0.05, 0.1) is 27.8 Å². The van der Waals surface area contributed by atoms with Gasteiger partial charge in [0.25, 0.3) is 5.91 Å². The Bertz CT molecular complexity index is 664. The molecule has 28 heavy (non-hydrogen) atoms. The summed E-state index contributed by atoms with van der Waals surface area (Å²) < 4.78 is 21.0. The molecule has 1 amide bonds. The molecule has 0 unspecified atom stereocenters. The minimum absolute atomic E-state index is 0.000853. The van der Waals surface area contributed by atoms with E-state index in [1.54, 1.807) is 12.1 Å². The summed E-state index contributed by atoms with van der Waals surface area (Å²) in [6.45, 7) is 4.09. The first-order valence-corrected chi connectivity index (χ1v) is 9.63. The first-order chi connectivity index (χ1) is 13.4. The molecule has 0 radical (unpaired) electrons. The van der Waals surface area contributed by atoms with Crippen LogP contribution in [0.5, 0.6) is 17.2 Å². The van der Waals surface area contributed by atoms with Crippen LogP contribution in [0.4, 0.5) is 0 Å². The number of carbonyl (C=O) groups excluding carboxylic acids is 2. The summed E-state index contributed by atoms with van der Waals surface area (Å²) in [6, 6.07) is 3.52. The average Bonchev–Trinajstić information content (AvgIpc) is 2.69. The summed E-state index contributed by atoms with van der Waals surface area (Å²) in [5.41, 5.74) is 0.648. The van der Waals surface area contributed by atoms with Crippen molar-refractivity contribution < 1.29 is 28.5 Å². The van der Waals surface area contributed by atoms with Crippen molar-refractivity contribution in [2.24, 2.45) is 11.8 Å². The molecule has 7 heteroatoms. The van der Waals surface area contributed by atoms with Crippen molar-refractivity contribution in [2.75, 3.05) is 27.9 Å². The van der Waals surface area contributed by atoms with E-state index < -0.39 is 5.97 Å². The Kier molecular flexibility index (Phi) is 7.96. The summed E-state index contributed by atoms with van der Waals surface area (Å²) >= 11 is 0. The van der Waals surface area contributed by atoms with Crippen LogP contribution in [0.2, 0.25) is 0 Å². The third-order valence-corrected chi connectivity index (χ3v) is 5.49. The number of carbonyl (C=O) groups is 2. The van der Waals surface area contributed by atoms with Crippen LogP contribution in [0.15, 0.2) is 12.1 Å². The third-order valence-electron chi connectivity index (χ3n) is 5.49. The number of rotatable bonds is 8. The van der Waals surface area contributed by atoms with Crippen molar-refractivity contribution in [3.63, 3.8) is 0 Å². The second-order valence-corrected chi connectivity index (χ2v) is 7.31. The van der Waals surface area contributed by atoms with Gasteiger partial charge in [0.1, 0.15) is 0 Å². The molecule has 1 aliphatic carbocycles. The zero-order chi connectivity index (χ0) is 20.7. The lowest BCUT2D eigenvalue weighted by atomic mass is 9.78. The number of ether oxygens (including phenoxy) is 4. The minimum atomic E-state index is -0.491. The Morgan fingerprint density at radius 2 is 1.68 bits per heavy atom. The largest absolute Gasteiger partial charge is 0.493 e. The van der Waals surface area contributed by atoms with Crippen LogP contribution in [-0.2, 0) is 20.7 Å². The molecule has 1 aromatic rings. The molecular weight excluding hydrogens is 362 g/mol. The van der Waals surface area contributed by atoms with E-state index in [1.165, 1.54) is 27.8 Å². The number of esters is 1. The molecule has 0 aliphatic heterocycles. The Morgan fingerprint density at radius 3 is 2.25 bits per heavy atom. The number of benzene rings is 1. The second kappa shape index (κ2) is 10.2. The molecule has 0 spiro atoms. The molecule has 0 saturated heterocycles. The van der Waals surface area contributed by atoms with E-state index in [4.69, 9.17) is 18.9 Å². The van der Waals surface area contributed by atoms with Gasteiger partial charge >= 0.3 is 5.97 Å². The molecule has 1 aromatic carbocycles. The molecule has 1 N–H and O–H groups in total. The zero-order valence-corrected chi connectivity index (χ0v) is 17.4. The van der Waals surface area contributed by atoms with Gasteiger partial charge in [-0.3, -0.25) is 9.59 Å². The van der Waals surface area contributed by atoms with E-state index in [1.807, 2.05) is 0 Å². The SMILES string of the molecule is COc1cc(CC(=O)OCC(=O)N[C@H]2CCC[C@@H](C)[C@H]2C)cc(OC)c1OC. The molecule has 0 heterocycles. The lowest BCUT2D eigenvalue weighted by molar-refractivity contribution is -0.148. The number of hydrogen-bond acceptors (Lipinski definition) is 6. The Hall–Kier alpha value is -2.44. The van der Waals surface area contributed by atoms with E-state index in [2.05, 4.69) is 19.2 Å². The first kappa shape index (κ1) is 21.9. The third kappa shape index (κ3) is 5.53. The smallest absolute Gasteiger partial charge is 0.310 e. The van der Waals surface area contributed by atoms with Crippen LogP contribution < -0.4 is 19.5 Å². The molecule has 1 saturated carbocycles. The molecule has 7 nitrogen and oxygen atoms in total. The second-order valence-electron chi connectivity index (χ2n) is 7.31. The highest BCUT2D eigenvalue weighted by Gasteiger charge is 2.28. The van der Waals surface area contributed by atoms with Crippen molar-refractivity contribution in [2.45, 2.75) is 45.6 Å². The van der Waals surface area contributed by atoms with Crippen LogP contribution in [-0.4, -0.2) is 45.9 Å². The van der Waals surface area contributed by atoms with Gasteiger partial charge in [0.15, 0.2) is 18.1 Å². The van der Waals surface area contributed by atoms with E-state index in [0.29, 0.717) is 34.6 Å². The van der Waals surface area contributed by atoms with Crippen molar-refractivity contribution in [1.29, 1.82) is 0 Å². The molecule has 1 fully saturated rings. The molecule has 0 aromatic heterocycles. The van der Waals surface area contributed by atoms with Gasteiger partial charge in [0, 0.05) is 6.04 Å². The number of amides is 1. The normalized spacial score (nSPS) is 21.5. The van der Waals surface area contributed by atoms with Gasteiger partial charge in [-0.25, -0.2) is 0 Å². The van der Waals surface area contributed by atoms with Crippen LogP contribution in [0.25, 0.3) is 0 Å². The maximum Gasteiger partial charge on any atom is 0.310 e. The summed E-state index contributed by atoms with van der Waals surface area (Å²) in [4.78, 5) is 24.3. The number of methoxy groups -OCH3 is 3. The van der Waals surface area contributed by atoms with Crippen molar-refractivity contribution in [3.05, 3.63) is 17.7 Å². The summed E-state index contributed by atoms with van der Waals surface area (Å²) in [7, 11) is 4.54. The van der Waals surface area contributed by atoms with Crippen LogP contribution >= 0.6 is 0 Å².